The topological polar surface area (TPSA) is 79.3 Å². The zero-order valence-electron chi connectivity index (χ0n) is 10.6. The number of amides is 1. The lowest BCUT2D eigenvalue weighted by Crippen LogP contribution is -2.25. The van der Waals surface area contributed by atoms with Crippen molar-refractivity contribution in [1.82, 2.24) is 10.3 Å². The Labute approximate surface area is 141 Å². The van der Waals surface area contributed by atoms with Crippen LogP contribution in [0.5, 0.6) is 0 Å². The van der Waals surface area contributed by atoms with Gasteiger partial charge >= 0.3 is 5.97 Å². The van der Waals surface area contributed by atoms with E-state index in [1.807, 2.05) is 6.07 Å². The van der Waals surface area contributed by atoms with Gasteiger partial charge in [-0.15, -0.1) is 11.3 Å². The van der Waals surface area contributed by atoms with Crippen molar-refractivity contribution in [3.05, 3.63) is 48.8 Å². The number of aromatic carboxylic acids is 1. The highest BCUT2D eigenvalue weighted by Gasteiger charge is 2.10. The normalized spacial score (nSPS) is 10.4. The molecular formula is C13H10Br2N2O3S. The summed E-state index contributed by atoms with van der Waals surface area (Å²) in [4.78, 5) is 26.7. The number of hydrogen-bond acceptors (Lipinski definition) is 4. The molecule has 1 aromatic heterocycles. The molecule has 2 N–H and O–H groups in total. The summed E-state index contributed by atoms with van der Waals surface area (Å²) in [6, 6.07) is 5.30. The van der Waals surface area contributed by atoms with Crippen LogP contribution in [0.15, 0.2) is 32.5 Å². The summed E-state index contributed by atoms with van der Waals surface area (Å²) in [5, 5.41) is 13.7. The number of aromatic nitrogens is 1. The Hall–Kier alpha value is -1.25. The standard InChI is InChI=1S/C13H10Br2N2O3S/c14-8-3-7(4-9(15)5-8)12(18)16-2-1-11-17-10(6-21-11)13(19)20/h3-6H,1-2H2,(H,16,18)(H,19,20). The third-order valence-corrected chi connectivity index (χ3v) is 4.34. The van der Waals surface area contributed by atoms with E-state index < -0.39 is 5.97 Å². The van der Waals surface area contributed by atoms with Crippen molar-refractivity contribution in [3.8, 4) is 0 Å². The number of carboxylic acids is 1. The quantitative estimate of drug-likeness (QED) is 0.757. The minimum Gasteiger partial charge on any atom is -0.476 e. The molecule has 0 saturated heterocycles. The maximum absolute atomic E-state index is 12.0. The summed E-state index contributed by atoms with van der Waals surface area (Å²) < 4.78 is 1.63. The van der Waals surface area contributed by atoms with Crippen LogP contribution in [0.4, 0.5) is 0 Å². The van der Waals surface area contributed by atoms with Crippen LogP contribution in [-0.2, 0) is 6.42 Å². The van der Waals surface area contributed by atoms with Crippen molar-refractivity contribution < 1.29 is 14.7 Å². The molecule has 1 heterocycles. The predicted molar refractivity (Wildman–Crippen MR) is 87.0 cm³/mol. The maximum atomic E-state index is 12.0. The molecule has 0 unspecified atom stereocenters. The molecule has 8 heteroatoms. The molecule has 21 heavy (non-hydrogen) atoms. The SMILES string of the molecule is O=C(NCCc1nc(C(=O)O)cs1)c1cc(Br)cc(Br)c1. The van der Waals surface area contributed by atoms with Crippen LogP contribution < -0.4 is 5.32 Å². The van der Waals surface area contributed by atoms with Crippen LogP contribution in [0.3, 0.4) is 0 Å². The van der Waals surface area contributed by atoms with E-state index in [9.17, 15) is 9.59 Å². The highest BCUT2D eigenvalue weighted by Crippen LogP contribution is 2.20. The molecule has 1 aromatic carbocycles. The van der Waals surface area contributed by atoms with E-state index in [4.69, 9.17) is 5.11 Å². The monoisotopic (exact) mass is 432 g/mol. The number of rotatable bonds is 5. The molecule has 0 spiro atoms. The van der Waals surface area contributed by atoms with Crippen LogP contribution in [0.1, 0.15) is 25.9 Å². The second kappa shape index (κ2) is 7.15. The Bertz CT molecular complexity index is 668. The first-order valence-corrected chi connectivity index (χ1v) is 8.34. The summed E-state index contributed by atoms with van der Waals surface area (Å²) in [5.74, 6) is -1.23. The Morgan fingerprint density at radius 1 is 1.24 bits per heavy atom. The van der Waals surface area contributed by atoms with E-state index in [1.165, 1.54) is 16.7 Å². The van der Waals surface area contributed by atoms with Gasteiger partial charge < -0.3 is 10.4 Å². The van der Waals surface area contributed by atoms with E-state index in [2.05, 4.69) is 42.2 Å². The van der Waals surface area contributed by atoms with Crippen molar-refractivity contribution in [2.24, 2.45) is 0 Å². The minimum atomic E-state index is -1.04. The van der Waals surface area contributed by atoms with Gasteiger partial charge in [0.15, 0.2) is 5.69 Å². The van der Waals surface area contributed by atoms with Crippen molar-refractivity contribution in [1.29, 1.82) is 0 Å². The van der Waals surface area contributed by atoms with E-state index in [1.54, 1.807) is 12.1 Å². The lowest BCUT2D eigenvalue weighted by atomic mass is 10.2. The zero-order valence-corrected chi connectivity index (χ0v) is 14.6. The lowest BCUT2D eigenvalue weighted by Gasteiger charge is -2.05. The minimum absolute atomic E-state index is 0.0391. The summed E-state index contributed by atoms with van der Waals surface area (Å²) >= 11 is 7.93. The number of carboxylic acid groups (broad SMARTS) is 1. The van der Waals surface area contributed by atoms with Crippen LogP contribution in [0.25, 0.3) is 0 Å². The smallest absolute Gasteiger partial charge is 0.355 e. The van der Waals surface area contributed by atoms with Crippen molar-refractivity contribution in [3.63, 3.8) is 0 Å². The molecule has 0 atom stereocenters. The fourth-order valence-corrected chi connectivity index (χ4v) is 3.66. The third kappa shape index (κ3) is 4.62. The number of thiazole rings is 1. The van der Waals surface area contributed by atoms with Crippen LogP contribution >= 0.6 is 43.2 Å². The molecule has 0 saturated carbocycles. The molecule has 0 fully saturated rings. The summed E-state index contributed by atoms with van der Waals surface area (Å²) in [7, 11) is 0. The number of halogens is 2. The Balaban J connectivity index is 1.90. The number of nitrogens with one attached hydrogen (secondary N) is 1. The van der Waals surface area contributed by atoms with Crippen LogP contribution in [0, 0.1) is 0 Å². The van der Waals surface area contributed by atoms with Gasteiger partial charge in [0.1, 0.15) is 0 Å². The maximum Gasteiger partial charge on any atom is 0.355 e. The first kappa shape index (κ1) is 16.1. The average Bonchev–Trinajstić information content (AvgIpc) is 2.86. The summed E-state index contributed by atoms with van der Waals surface area (Å²) in [6.07, 6.45) is 0.499. The van der Waals surface area contributed by atoms with Crippen LogP contribution in [0.2, 0.25) is 0 Å². The molecule has 0 aliphatic rings. The summed E-state index contributed by atoms with van der Waals surface area (Å²) in [6.45, 7) is 0.398. The molecule has 0 radical (unpaired) electrons. The first-order chi connectivity index (χ1) is 9.95. The molecule has 0 aliphatic carbocycles. The number of carbonyl (C=O) groups is 2. The first-order valence-electron chi connectivity index (χ1n) is 5.87. The van der Waals surface area contributed by atoms with Gasteiger partial charge in [-0.1, -0.05) is 31.9 Å². The number of benzene rings is 1. The van der Waals surface area contributed by atoms with Gasteiger partial charge in [0.2, 0.25) is 0 Å². The third-order valence-electron chi connectivity index (χ3n) is 2.52. The largest absolute Gasteiger partial charge is 0.476 e. The molecule has 110 valence electrons. The molecule has 1 amide bonds. The van der Waals surface area contributed by atoms with Gasteiger partial charge in [-0.3, -0.25) is 4.79 Å². The molecule has 2 rings (SSSR count). The number of carbonyl (C=O) groups excluding carboxylic acids is 1. The average molecular weight is 434 g/mol. The Morgan fingerprint density at radius 2 is 1.90 bits per heavy atom. The van der Waals surface area contributed by atoms with Gasteiger partial charge in [0.25, 0.3) is 5.91 Å². The van der Waals surface area contributed by atoms with Crippen molar-refractivity contribution in [2.45, 2.75) is 6.42 Å². The fourth-order valence-electron chi connectivity index (χ4n) is 1.59. The van der Waals surface area contributed by atoms with E-state index in [0.717, 1.165) is 8.95 Å². The fraction of sp³-hybridized carbons (Fsp3) is 0.154. The number of hydrogen-bond donors (Lipinski definition) is 2. The van der Waals surface area contributed by atoms with Gasteiger partial charge in [-0.05, 0) is 18.2 Å². The molecule has 2 aromatic rings. The highest BCUT2D eigenvalue weighted by molar-refractivity contribution is 9.11. The van der Waals surface area contributed by atoms with Gasteiger partial charge in [0.05, 0.1) is 5.01 Å². The Kier molecular flexibility index (Phi) is 5.49. The van der Waals surface area contributed by atoms with Gasteiger partial charge in [0, 0.05) is 32.9 Å². The Morgan fingerprint density at radius 3 is 2.48 bits per heavy atom. The zero-order chi connectivity index (χ0) is 15.4. The van der Waals surface area contributed by atoms with Crippen molar-refractivity contribution >= 4 is 55.1 Å². The number of nitrogens with zero attached hydrogens (tertiary/aromatic N) is 1. The van der Waals surface area contributed by atoms with E-state index in [0.29, 0.717) is 23.5 Å². The lowest BCUT2D eigenvalue weighted by molar-refractivity contribution is 0.0690. The molecular weight excluding hydrogens is 424 g/mol. The van der Waals surface area contributed by atoms with Gasteiger partial charge in [-0.25, -0.2) is 9.78 Å². The van der Waals surface area contributed by atoms with Gasteiger partial charge in [-0.2, -0.15) is 0 Å². The predicted octanol–water partition coefficient (Wildman–Crippen LogP) is 3.34. The highest BCUT2D eigenvalue weighted by atomic mass is 79.9. The summed E-state index contributed by atoms with van der Waals surface area (Å²) in [5.41, 5.74) is 0.582. The van der Waals surface area contributed by atoms with E-state index in [-0.39, 0.29) is 11.6 Å². The van der Waals surface area contributed by atoms with Crippen LogP contribution in [-0.4, -0.2) is 28.5 Å². The molecule has 0 bridgehead atoms. The van der Waals surface area contributed by atoms with E-state index >= 15 is 0 Å². The molecule has 5 nitrogen and oxygen atoms in total. The molecule has 0 aliphatic heterocycles. The van der Waals surface area contributed by atoms with Crippen molar-refractivity contribution in [2.75, 3.05) is 6.54 Å². The second-order valence-electron chi connectivity index (χ2n) is 4.10. The second-order valence-corrected chi connectivity index (χ2v) is 6.87.